The van der Waals surface area contributed by atoms with Crippen LogP contribution in [0.25, 0.3) is 0 Å². The van der Waals surface area contributed by atoms with Crippen LogP contribution in [0.1, 0.15) is 5.56 Å². The van der Waals surface area contributed by atoms with Gasteiger partial charge in [-0.05, 0) is 42.9 Å². The molecule has 0 spiro atoms. The minimum atomic E-state index is 0.332. The van der Waals surface area contributed by atoms with E-state index in [4.69, 9.17) is 17.0 Å². The van der Waals surface area contributed by atoms with Gasteiger partial charge in [-0.1, -0.05) is 12.2 Å². The fraction of sp³-hybridized carbons (Fsp3) is 0.250. The standard InChI is InChI=1S/C12H14N2OS/c1-8-7-10(15-2)5-6-11(8)14-12(16)13-9-3-4-9/h3-7,9H,1-2H3,(H2,13,14,16). The Kier molecular flexibility index (Phi) is 3.10. The number of aryl methyl sites for hydroxylation is 1. The summed E-state index contributed by atoms with van der Waals surface area (Å²) in [5, 5.41) is 6.94. The molecule has 2 rings (SSSR count). The molecule has 84 valence electrons. The lowest BCUT2D eigenvalue weighted by molar-refractivity contribution is 0.414. The zero-order chi connectivity index (χ0) is 11.5. The molecule has 1 aromatic carbocycles. The molecule has 0 saturated heterocycles. The molecule has 0 atom stereocenters. The highest BCUT2D eigenvalue weighted by molar-refractivity contribution is 7.80. The Morgan fingerprint density at radius 1 is 1.38 bits per heavy atom. The smallest absolute Gasteiger partial charge is 0.171 e. The van der Waals surface area contributed by atoms with Crippen LogP contribution in [0.3, 0.4) is 0 Å². The molecule has 0 radical (unpaired) electrons. The largest absolute Gasteiger partial charge is 0.497 e. The number of anilines is 1. The van der Waals surface area contributed by atoms with E-state index in [0.717, 1.165) is 17.0 Å². The van der Waals surface area contributed by atoms with Gasteiger partial charge >= 0.3 is 0 Å². The van der Waals surface area contributed by atoms with Crippen LogP contribution in [0, 0.1) is 6.92 Å². The molecule has 0 amide bonds. The summed E-state index contributed by atoms with van der Waals surface area (Å²) in [4.78, 5) is 0. The summed E-state index contributed by atoms with van der Waals surface area (Å²) < 4.78 is 5.14. The van der Waals surface area contributed by atoms with Gasteiger partial charge in [0.1, 0.15) is 5.75 Å². The summed E-state index contributed by atoms with van der Waals surface area (Å²) in [6.07, 6.45) is 4.10. The maximum Gasteiger partial charge on any atom is 0.171 e. The number of hydrogen-bond acceptors (Lipinski definition) is 2. The highest BCUT2D eigenvalue weighted by Crippen LogP contribution is 2.21. The Bertz CT molecular complexity index is 437. The van der Waals surface area contributed by atoms with Gasteiger partial charge in [0.05, 0.1) is 13.2 Å². The third-order valence-electron chi connectivity index (χ3n) is 2.36. The van der Waals surface area contributed by atoms with Crippen molar-refractivity contribution in [1.82, 2.24) is 5.32 Å². The zero-order valence-corrected chi connectivity index (χ0v) is 10.1. The average Bonchev–Trinajstić information content (AvgIpc) is 3.05. The van der Waals surface area contributed by atoms with Crippen LogP contribution in [-0.2, 0) is 0 Å². The van der Waals surface area contributed by atoms with E-state index >= 15 is 0 Å². The van der Waals surface area contributed by atoms with Gasteiger partial charge in [0.15, 0.2) is 5.11 Å². The van der Waals surface area contributed by atoms with E-state index in [9.17, 15) is 0 Å². The van der Waals surface area contributed by atoms with Gasteiger partial charge in [-0.15, -0.1) is 0 Å². The van der Waals surface area contributed by atoms with Crippen molar-refractivity contribution in [1.29, 1.82) is 0 Å². The van der Waals surface area contributed by atoms with Gasteiger partial charge in [-0.3, -0.25) is 0 Å². The SMILES string of the molecule is COc1ccc(NC(=S)NC2C=C2)c(C)c1. The monoisotopic (exact) mass is 234 g/mol. The Labute approximate surface area is 100 Å². The second-order valence-corrected chi connectivity index (χ2v) is 4.10. The molecule has 3 nitrogen and oxygen atoms in total. The van der Waals surface area contributed by atoms with E-state index in [2.05, 4.69) is 22.8 Å². The molecule has 0 fully saturated rings. The van der Waals surface area contributed by atoms with Crippen molar-refractivity contribution in [2.24, 2.45) is 0 Å². The molecule has 0 unspecified atom stereocenters. The maximum absolute atomic E-state index is 5.18. The zero-order valence-electron chi connectivity index (χ0n) is 9.28. The molecular weight excluding hydrogens is 220 g/mol. The number of nitrogens with one attached hydrogen (secondary N) is 2. The predicted molar refractivity (Wildman–Crippen MR) is 70.0 cm³/mol. The number of rotatable bonds is 3. The third kappa shape index (κ3) is 2.73. The van der Waals surface area contributed by atoms with Gasteiger partial charge in [0.2, 0.25) is 0 Å². The van der Waals surface area contributed by atoms with E-state index in [0.29, 0.717) is 11.2 Å². The molecule has 0 saturated carbocycles. The molecular formula is C12H14N2OS. The van der Waals surface area contributed by atoms with E-state index in [1.54, 1.807) is 7.11 Å². The van der Waals surface area contributed by atoms with Crippen molar-refractivity contribution < 1.29 is 4.74 Å². The van der Waals surface area contributed by atoms with Crippen molar-refractivity contribution in [3.8, 4) is 5.75 Å². The highest BCUT2D eigenvalue weighted by Gasteiger charge is 2.11. The van der Waals surface area contributed by atoms with Crippen LogP contribution < -0.4 is 15.4 Å². The molecule has 4 heteroatoms. The minimum Gasteiger partial charge on any atom is -0.497 e. The Morgan fingerprint density at radius 2 is 2.12 bits per heavy atom. The molecule has 0 aliphatic heterocycles. The normalized spacial score (nSPS) is 13.4. The minimum absolute atomic E-state index is 0.332. The fourth-order valence-electron chi connectivity index (χ4n) is 1.36. The first kappa shape index (κ1) is 11.0. The van der Waals surface area contributed by atoms with Crippen LogP contribution in [0.5, 0.6) is 5.75 Å². The molecule has 0 heterocycles. The number of ether oxygens (including phenoxy) is 1. The molecule has 1 aliphatic carbocycles. The summed E-state index contributed by atoms with van der Waals surface area (Å²) in [7, 11) is 1.66. The molecule has 0 bridgehead atoms. The number of methoxy groups -OCH3 is 1. The lowest BCUT2D eigenvalue weighted by Gasteiger charge is -2.12. The van der Waals surface area contributed by atoms with Crippen LogP contribution in [-0.4, -0.2) is 18.3 Å². The van der Waals surface area contributed by atoms with Crippen molar-refractivity contribution >= 4 is 23.0 Å². The van der Waals surface area contributed by atoms with Crippen molar-refractivity contribution in [2.45, 2.75) is 13.0 Å². The summed E-state index contributed by atoms with van der Waals surface area (Å²) in [5.74, 6) is 0.853. The predicted octanol–water partition coefficient (Wildman–Crippen LogP) is 2.23. The summed E-state index contributed by atoms with van der Waals surface area (Å²) in [6, 6.07) is 6.18. The van der Waals surface area contributed by atoms with Crippen molar-refractivity contribution in [2.75, 3.05) is 12.4 Å². The summed E-state index contributed by atoms with van der Waals surface area (Å²) >= 11 is 5.18. The second kappa shape index (κ2) is 4.53. The lowest BCUT2D eigenvalue weighted by Crippen LogP contribution is -2.31. The third-order valence-corrected chi connectivity index (χ3v) is 2.58. The van der Waals surface area contributed by atoms with E-state index in [-0.39, 0.29) is 0 Å². The molecule has 16 heavy (non-hydrogen) atoms. The first-order valence-corrected chi connectivity index (χ1v) is 5.50. The first-order chi connectivity index (χ1) is 7.69. The van der Waals surface area contributed by atoms with Crippen LogP contribution >= 0.6 is 12.2 Å². The van der Waals surface area contributed by atoms with Crippen molar-refractivity contribution in [3.05, 3.63) is 35.9 Å². The number of hydrogen-bond donors (Lipinski definition) is 2. The highest BCUT2D eigenvalue weighted by atomic mass is 32.1. The molecule has 1 aliphatic rings. The maximum atomic E-state index is 5.18. The van der Waals surface area contributed by atoms with E-state index < -0.39 is 0 Å². The lowest BCUT2D eigenvalue weighted by atomic mass is 10.2. The summed E-state index contributed by atoms with van der Waals surface area (Å²) in [5.41, 5.74) is 2.10. The number of benzene rings is 1. The fourth-order valence-corrected chi connectivity index (χ4v) is 1.61. The van der Waals surface area contributed by atoms with Crippen LogP contribution in [0.2, 0.25) is 0 Å². The quantitative estimate of drug-likeness (QED) is 0.620. The van der Waals surface area contributed by atoms with Gasteiger partial charge in [0, 0.05) is 5.69 Å². The summed E-state index contributed by atoms with van der Waals surface area (Å²) in [6.45, 7) is 2.02. The van der Waals surface area contributed by atoms with Gasteiger partial charge < -0.3 is 15.4 Å². The molecule has 1 aromatic rings. The molecule has 0 aromatic heterocycles. The van der Waals surface area contributed by atoms with Crippen molar-refractivity contribution in [3.63, 3.8) is 0 Å². The van der Waals surface area contributed by atoms with E-state index in [1.807, 2.05) is 25.1 Å². The number of thiocarbonyl (C=S) groups is 1. The first-order valence-electron chi connectivity index (χ1n) is 5.09. The second-order valence-electron chi connectivity index (χ2n) is 3.69. The average molecular weight is 234 g/mol. The Hall–Kier alpha value is -1.55. The van der Waals surface area contributed by atoms with Crippen LogP contribution in [0.15, 0.2) is 30.4 Å². The Balaban J connectivity index is 1.99. The molecule has 2 N–H and O–H groups in total. The topological polar surface area (TPSA) is 33.3 Å². The van der Waals surface area contributed by atoms with Gasteiger partial charge in [-0.25, -0.2) is 0 Å². The van der Waals surface area contributed by atoms with Crippen LogP contribution in [0.4, 0.5) is 5.69 Å². The van der Waals surface area contributed by atoms with Gasteiger partial charge in [-0.2, -0.15) is 0 Å². The van der Waals surface area contributed by atoms with Gasteiger partial charge in [0.25, 0.3) is 0 Å². The Morgan fingerprint density at radius 3 is 2.69 bits per heavy atom. The van der Waals surface area contributed by atoms with E-state index in [1.165, 1.54) is 0 Å².